The van der Waals surface area contributed by atoms with Gasteiger partial charge in [0.25, 0.3) is 0 Å². The van der Waals surface area contributed by atoms with Crippen molar-refractivity contribution in [1.29, 1.82) is 0 Å². The number of benzene rings is 2. The number of rotatable bonds is 11. The summed E-state index contributed by atoms with van der Waals surface area (Å²) in [6, 6.07) is 12.9. The van der Waals surface area contributed by atoms with Crippen LogP contribution in [0.5, 0.6) is 0 Å². The van der Waals surface area contributed by atoms with Gasteiger partial charge in [-0.05, 0) is 43.7 Å². The number of carbonyl (C=O) groups is 4. The van der Waals surface area contributed by atoms with Crippen LogP contribution in [0.3, 0.4) is 0 Å². The van der Waals surface area contributed by atoms with E-state index in [4.69, 9.17) is 25.8 Å². The number of nitrogens with one attached hydrogen (secondary N) is 1. The van der Waals surface area contributed by atoms with Crippen molar-refractivity contribution in [3.63, 3.8) is 0 Å². The van der Waals surface area contributed by atoms with Crippen molar-refractivity contribution in [2.45, 2.75) is 25.8 Å². The van der Waals surface area contributed by atoms with E-state index in [-0.39, 0.29) is 42.2 Å². The lowest BCUT2D eigenvalue weighted by Gasteiger charge is -2.34. The number of para-hydroxylation sites is 2. The van der Waals surface area contributed by atoms with E-state index in [0.717, 1.165) is 7.11 Å². The van der Waals surface area contributed by atoms with Crippen molar-refractivity contribution in [3.8, 4) is 0 Å². The van der Waals surface area contributed by atoms with Gasteiger partial charge in [-0.3, -0.25) is 10.4 Å². The van der Waals surface area contributed by atoms with Gasteiger partial charge in [-0.25, -0.2) is 19.2 Å². The molecule has 0 radical (unpaired) electrons. The summed E-state index contributed by atoms with van der Waals surface area (Å²) in [5, 5.41) is 9.14. The number of anilines is 2. The number of halogens is 1. The molecule has 2 aromatic rings. The molecule has 1 N–H and O–H groups in total. The maximum Gasteiger partial charge on any atom is 0.370 e. The van der Waals surface area contributed by atoms with Gasteiger partial charge >= 0.3 is 23.9 Å². The number of methoxy groups -OCH3 is 2. The molecule has 12 nitrogen and oxygen atoms in total. The first-order chi connectivity index (χ1) is 19.5. The molecular weight excluding hydrogens is 556 g/mol. The number of hydrazone groups is 2. The first-order valence-corrected chi connectivity index (χ1v) is 12.6. The van der Waals surface area contributed by atoms with Crippen LogP contribution in [0.1, 0.15) is 41.0 Å². The summed E-state index contributed by atoms with van der Waals surface area (Å²) in [7, 11) is 2.38. The summed E-state index contributed by atoms with van der Waals surface area (Å²) >= 11 is 5.78. The molecule has 1 heterocycles. The van der Waals surface area contributed by atoms with Crippen LogP contribution in [0.4, 0.5) is 11.4 Å². The Kier molecular flexibility index (Phi) is 10.2. The van der Waals surface area contributed by atoms with E-state index < -0.39 is 34.6 Å². The van der Waals surface area contributed by atoms with Gasteiger partial charge in [-0.1, -0.05) is 42.4 Å². The molecule has 41 heavy (non-hydrogen) atoms. The molecular formula is C28H29ClN4O8. The lowest BCUT2D eigenvalue weighted by Crippen LogP contribution is -2.45. The lowest BCUT2D eigenvalue weighted by molar-refractivity contribution is -0.133. The molecule has 0 saturated heterocycles. The molecule has 0 aromatic heterocycles. The third kappa shape index (κ3) is 7.48. The van der Waals surface area contributed by atoms with Crippen molar-refractivity contribution in [1.82, 2.24) is 0 Å². The normalized spacial score (nSPS) is 16.4. The predicted molar refractivity (Wildman–Crippen MR) is 152 cm³/mol. The molecule has 2 aromatic carbocycles. The van der Waals surface area contributed by atoms with Gasteiger partial charge in [0.1, 0.15) is 24.5 Å². The van der Waals surface area contributed by atoms with E-state index in [1.54, 1.807) is 50.2 Å². The van der Waals surface area contributed by atoms with E-state index >= 15 is 0 Å². The molecule has 3 rings (SSSR count). The van der Waals surface area contributed by atoms with Crippen LogP contribution in [0, 0.1) is 0 Å². The standard InChI is InChI=1S/C28H29ClN4O8/c1-17(2)15-40-25(35)19-11-7-9-13-22(19)33-28(3,14-21(32-33)26(36)38-4)16-41-24(34)18-10-6-8-12-20(18)30-31-23(29)27(37)39-5/h6-13,30H,1,14-16H2,2-5H3/b31-23+. The Hall–Kier alpha value is -4.71. The first kappa shape index (κ1) is 30.8. The fourth-order valence-corrected chi connectivity index (χ4v) is 3.91. The SMILES string of the molecule is C=C(C)COC(=O)c1ccccc1N1N=C(C(=O)OC)CC1(C)COC(=O)c1ccccc1N/N=C(/Cl)C(=O)OC. The van der Waals surface area contributed by atoms with Gasteiger partial charge in [0.05, 0.1) is 36.7 Å². The van der Waals surface area contributed by atoms with E-state index in [0.29, 0.717) is 11.3 Å². The average molecular weight is 585 g/mol. The van der Waals surface area contributed by atoms with Gasteiger partial charge in [0, 0.05) is 6.42 Å². The number of hydrogen-bond acceptors (Lipinski definition) is 12. The third-order valence-corrected chi connectivity index (χ3v) is 6.03. The van der Waals surface area contributed by atoms with Gasteiger partial charge in [-0.15, -0.1) is 0 Å². The number of esters is 4. The third-order valence-electron chi connectivity index (χ3n) is 5.79. The molecule has 1 aliphatic heterocycles. The van der Waals surface area contributed by atoms with Crippen molar-refractivity contribution in [3.05, 3.63) is 71.8 Å². The minimum atomic E-state index is -1.10. The first-order valence-electron chi connectivity index (χ1n) is 12.2. The molecule has 0 amide bonds. The fraction of sp³-hybridized carbons (Fsp3) is 0.286. The summed E-state index contributed by atoms with van der Waals surface area (Å²) in [5.74, 6) is -2.88. The maximum atomic E-state index is 13.2. The zero-order valence-electron chi connectivity index (χ0n) is 22.9. The molecule has 0 fully saturated rings. The highest BCUT2D eigenvalue weighted by atomic mass is 35.5. The molecule has 0 bridgehead atoms. The van der Waals surface area contributed by atoms with Crippen LogP contribution in [-0.4, -0.2) is 67.7 Å². The Labute approximate surface area is 241 Å². The summed E-state index contributed by atoms with van der Waals surface area (Å²) < 4.78 is 20.4. The zero-order valence-corrected chi connectivity index (χ0v) is 23.7. The molecule has 0 spiro atoms. The highest BCUT2D eigenvalue weighted by Crippen LogP contribution is 2.36. The van der Waals surface area contributed by atoms with Crippen LogP contribution in [0.15, 0.2) is 70.9 Å². The van der Waals surface area contributed by atoms with E-state index in [9.17, 15) is 19.2 Å². The lowest BCUT2D eigenvalue weighted by atomic mass is 9.95. The molecule has 13 heteroatoms. The second-order valence-electron chi connectivity index (χ2n) is 9.20. The summed E-state index contributed by atoms with van der Waals surface area (Å²) in [6.07, 6.45) is 0.0427. The number of carbonyl (C=O) groups excluding carboxylic acids is 4. The Bertz CT molecular complexity index is 1420. The predicted octanol–water partition coefficient (Wildman–Crippen LogP) is 3.91. The Balaban J connectivity index is 1.89. The van der Waals surface area contributed by atoms with Gasteiger partial charge < -0.3 is 18.9 Å². The number of nitrogens with zero attached hydrogens (tertiary/aromatic N) is 3. The van der Waals surface area contributed by atoms with Crippen molar-refractivity contribution in [2.24, 2.45) is 10.2 Å². The smallest absolute Gasteiger partial charge is 0.370 e. The molecule has 216 valence electrons. The van der Waals surface area contributed by atoms with Crippen LogP contribution >= 0.6 is 11.6 Å². The summed E-state index contributed by atoms with van der Waals surface area (Å²) in [4.78, 5) is 50.0. The Morgan fingerprint density at radius 2 is 1.63 bits per heavy atom. The minimum absolute atomic E-state index is 0.0288. The van der Waals surface area contributed by atoms with Crippen molar-refractivity contribution < 1.29 is 38.1 Å². The Morgan fingerprint density at radius 3 is 2.29 bits per heavy atom. The molecule has 0 aliphatic carbocycles. The summed E-state index contributed by atoms with van der Waals surface area (Å²) in [5.41, 5.74) is 3.03. The van der Waals surface area contributed by atoms with E-state index in [1.165, 1.54) is 24.3 Å². The van der Waals surface area contributed by atoms with Crippen molar-refractivity contribution >= 4 is 57.7 Å². The topological polar surface area (TPSA) is 145 Å². The van der Waals surface area contributed by atoms with E-state index in [1.807, 2.05) is 0 Å². The van der Waals surface area contributed by atoms with Crippen LogP contribution in [0.2, 0.25) is 0 Å². The van der Waals surface area contributed by atoms with Gasteiger partial charge in [-0.2, -0.15) is 10.2 Å². The fourth-order valence-electron chi connectivity index (χ4n) is 3.79. The maximum absolute atomic E-state index is 13.2. The average Bonchev–Trinajstić information content (AvgIpc) is 3.33. The monoisotopic (exact) mass is 584 g/mol. The molecule has 0 saturated carbocycles. The van der Waals surface area contributed by atoms with Crippen LogP contribution in [-0.2, 0) is 28.5 Å². The Morgan fingerprint density at radius 1 is 1.00 bits per heavy atom. The zero-order chi connectivity index (χ0) is 30.2. The largest absolute Gasteiger partial charge is 0.464 e. The van der Waals surface area contributed by atoms with Crippen molar-refractivity contribution in [2.75, 3.05) is 37.9 Å². The van der Waals surface area contributed by atoms with E-state index in [2.05, 4.69) is 26.9 Å². The molecule has 1 unspecified atom stereocenters. The van der Waals surface area contributed by atoms with Crippen LogP contribution < -0.4 is 10.4 Å². The van der Waals surface area contributed by atoms with Crippen LogP contribution in [0.25, 0.3) is 0 Å². The molecule has 1 atom stereocenters. The highest BCUT2D eigenvalue weighted by molar-refractivity contribution is 6.82. The minimum Gasteiger partial charge on any atom is -0.464 e. The van der Waals surface area contributed by atoms with Gasteiger partial charge in [0.2, 0.25) is 5.17 Å². The second-order valence-corrected chi connectivity index (χ2v) is 9.56. The second kappa shape index (κ2) is 13.6. The summed E-state index contributed by atoms with van der Waals surface area (Å²) in [6.45, 7) is 6.97. The quantitative estimate of drug-likeness (QED) is 0.136. The highest BCUT2D eigenvalue weighted by Gasteiger charge is 2.44. The van der Waals surface area contributed by atoms with Gasteiger partial charge in [0.15, 0.2) is 0 Å². The number of ether oxygens (including phenoxy) is 4. The number of hydrogen-bond donors (Lipinski definition) is 1. The molecule has 1 aliphatic rings.